The van der Waals surface area contributed by atoms with Gasteiger partial charge >= 0.3 is 0 Å². The van der Waals surface area contributed by atoms with Crippen molar-refractivity contribution in [3.05, 3.63) is 48.3 Å². The van der Waals surface area contributed by atoms with Crippen LogP contribution < -0.4 is 10.6 Å². The highest BCUT2D eigenvalue weighted by Crippen LogP contribution is 2.17. The molecule has 0 fully saturated rings. The number of nitrogens with two attached hydrogens (primary N) is 1. The quantitative estimate of drug-likeness (QED) is 0.843. The summed E-state index contributed by atoms with van der Waals surface area (Å²) in [5.41, 5.74) is 7.96. The third-order valence-electron chi connectivity index (χ3n) is 3.30. The zero-order chi connectivity index (χ0) is 14.4. The van der Waals surface area contributed by atoms with Gasteiger partial charge in [-0.3, -0.25) is 4.68 Å². The summed E-state index contributed by atoms with van der Waals surface area (Å²) in [5, 5.41) is 4.63. The van der Waals surface area contributed by atoms with E-state index in [9.17, 15) is 0 Å². The fourth-order valence-corrected chi connectivity index (χ4v) is 2.17. The minimum Gasteiger partial charge on any atom is -0.366 e. The van der Waals surface area contributed by atoms with E-state index in [1.54, 1.807) is 0 Å². The van der Waals surface area contributed by atoms with Gasteiger partial charge in [-0.1, -0.05) is 18.2 Å². The molecule has 1 aromatic heterocycles. The van der Waals surface area contributed by atoms with Crippen LogP contribution in [0.4, 0.5) is 5.69 Å². The van der Waals surface area contributed by atoms with E-state index < -0.39 is 0 Å². The number of aromatic nitrogens is 2. The van der Waals surface area contributed by atoms with Crippen molar-refractivity contribution in [1.29, 1.82) is 0 Å². The van der Waals surface area contributed by atoms with Crippen molar-refractivity contribution in [2.75, 3.05) is 18.0 Å². The fraction of sp³-hybridized carbons (Fsp3) is 0.438. The van der Waals surface area contributed by atoms with E-state index in [-0.39, 0.29) is 0 Å². The van der Waals surface area contributed by atoms with Crippen LogP contribution in [0.25, 0.3) is 0 Å². The molecule has 20 heavy (non-hydrogen) atoms. The molecule has 2 aromatic rings. The molecule has 2 N–H and O–H groups in total. The minimum atomic E-state index is 0.401. The van der Waals surface area contributed by atoms with E-state index in [1.165, 1.54) is 5.69 Å². The van der Waals surface area contributed by atoms with Gasteiger partial charge in [-0.15, -0.1) is 0 Å². The first-order valence-electron chi connectivity index (χ1n) is 7.25. The molecule has 0 radical (unpaired) electrons. The number of rotatable bonds is 7. The second-order valence-electron chi connectivity index (χ2n) is 5.28. The van der Waals surface area contributed by atoms with Crippen LogP contribution in [0.1, 0.15) is 32.0 Å². The maximum Gasteiger partial charge on any atom is 0.0817 e. The Morgan fingerprint density at radius 1 is 1.20 bits per heavy atom. The molecule has 0 saturated heterocycles. The molecule has 0 unspecified atom stereocenters. The summed E-state index contributed by atoms with van der Waals surface area (Å²) in [6, 6.07) is 12.9. The van der Waals surface area contributed by atoms with Crippen LogP contribution in [0.3, 0.4) is 0 Å². The number of benzene rings is 1. The van der Waals surface area contributed by atoms with Crippen molar-refractivity contribution < 1.29 is 0 Å². The number of nitrogens with zero attached hydrogens (tertiary/aromatic N) is 3. The molecule has 0 amide bonds. The highest BCUT2D eigenvalue weighted by Gasteiger charge is 2.09. The standard InChI is InChI=1S/C16H24N4/c1-14(2)20-12-9-15(18-20)13-19(11-6-10-17)16-7-4-3-5-8-16/h3-5,7-9,12,14H,6,10-11,13,17H2,1-2H3. The number of hydrogen-bond donors (Lipinski definition) is 1. The zero-order valence-corrected chi connectivity index (χ0v) is 12.4. The highest BCUT2D eigenvalue weighted by atomic mass is 15.3. The van der Waals surface area contributed by atoms with Crippen LogP contribution in [0.15, 0.2) is 42.6 Å². The second-order valence-corrected chi connectivity index (χ2v) is 5.28. The lowest BCUT2D eigenvalue weighted by atomic mass is 10.2. The van der Waals surface area contributed by atoms with Crippen molar-refractivity contribution in [1.82, 2.24) is 9.78 Å². The predicted octanol–water partition coefficient (Wildman–Crippen LogP) is 2.82. The van der Waals surface area contributed by atoms with E-state index >= 15 is 0 Å². The molecule has 4 heteroatoms. The van der Waals surface area contributed by atoms with Crippen LogP contribution in [-0.2, 0) is 6.54 Å². The summed E-state index contributed by atoms with van der Waals surface area (Å²) in [4.78, 5) is 2.33. The van der Waals surface area contributed by atoms with Crippen molar-refractivity contribution in [3.63, 3.8) is 0 Å². The fourth-order valence-electron chi connectivity index (χ4n) is 2.17. The average Bonchev–Trinajstić information content (AvgIpc) is 2.93. The Kier molecular flexibility index (Phi) is 5.18. The van der Waals surface area contributed by atoms with Crippen LogP contribution in [0.2, 0.25) is 0 Å². The van der Waals surface area contributed by atoms with E-state index in [0.717, 1.165) is 25.2 Å². The first-order valence-corrected chi connectivity index (χ1v) is 7.25. The molecule has 0 spiro atoms. The molecule has 0 bridgehead atoms. The van der Waals surface area contributed by atoms with Crippen molar-refractivity contribution in [3.8, 4) is 0 Å². The lowest BCUT2D eigenvalue weighted by molar-refractivity contribution is 0.525. The molecule has 1 aromatic carbocycles. The van der Waals surface area contributed by atoms with Crippen LogP contribution in [-0.4, -0.2) is 22.9 Å². The molecule has 1 heterocycles. The SMILES string of the molecule is CC(C)n1ccc(CN(CCCN)c2ccccc2)n1. The summed E-state index contributed by atoms with van der Waals surface area (Å²) in [7, 11) is 0. The normalized spacial score (nSPS) is 11.0. The summed E-state index contributed by atoms with van der Waals surface area (Å²) < 4.78 is 2.00. The van der Waals surface area contributed by atoms with Gasteiger partial charge in [0.05, 0.1) is 12.2 Å². The van der Waals surface area contributed by atoms with E-state index in [2.05, 4.69) is 54.2 Å². The van der Waals surface area contributed by atoms with Crippen LogP contribution >= 0.6 is 0 Å². The molecule has 0 atom stereocenters. The van der Waals surface area contributed by atoms with E-state index in [0.29, 0.717) is 12.6 Å². The van der Waals surface area contributed by atoms with Crippen LogP contribution in [0.5, 0.6) is 0 Å². The van der Waals surface area contributed by atoms with E-state index in [4.69, 9.17) is 5.73 Å². The van der Waals surface area contributed by atoms with E-state index in [1.807, 2.05) is 16.9 Å². The summed E-state index contributed by atoms with van der Waals surface area (Å²) >= 11 is 0. The van der Waals surface area contributed by atoms with Gasteiger partial charge in [-0.25, -0.2) is 0 Å². The number of para-hydroxylation sites is 1. The van der Waals surface area contributed by atoms with Gasteiger partial charge in [-0.2, -0.15) is 5.10 Å². The van der Waals surface area contributed by atoms with Gasteiger partial charge in [0.25, 0.3) is 0 Å². The van der Waals surface area contributed by atoms with Gasteiger partial charge in [0, 0.05) is 24.5 Å². The molecular weight excluding hydrogens is 248 g/mol. The molecule has 4 nitrogen and oxygen atoms in total. The van der Waals surface area contributed by atoms with Gasteiger partial charge in [0.2, 0.25) is 0 Å². The summed E-state index contributed by atoms with van der Waals surface area (Å²) in [5.74, 6) is 0. The van der Waals surface area contributed by atoms with Gasteiger partial charge < -0.3 is 10.6 Å². The monoisotopic (exact) mass is 272 g/mol. The maximum atomic E-state index is 5.65. The molecule has 0 aliphatic rings. The Hall–Kier alpha value is -1.81. The Balaban J connectivity index is 2.10. The Bertz CT molecular complexity index is 504. The first-order chi connectivity index (χ1) is 9.70. The Labute approximate surface area is 121 Å². The first kappa shape index (κ1) is 14.6. The summed E-state index contributed by atoms with van der Waals surface area (Å²) in [6.45, 7) is 6.77. The molecular formula is C16H24N4. The minimum absolute atomic E-state index is 0.401. The average molecular weight is 272 g/mol. The lowest BCUT2D eigenvalue weighted by Gasteiger charge is -2.23. The maximum absolute atomic E-state index is 5.65. The van der Waals surface area contributed by atoms with Gasteiger partial charge in [0.15, 0.2) is 0 Å². The Morgan fingerprint density at radius 3 is 2.55 bits per heavy atom. The zero-order valence-electron chi connectivity index (χ0n) is 12.4. The lowest BCUT2D eigenvalue weighted by Crippen LogP contribution is -2.26. The third-order valence-corrected chi connectivity index (χ3v) is 3.30. The second kappa shape index (κ2) is 7.10. The molecule has 0 aliphatic heterocycles. The molecule has 0 saturated carbocycles. The van der Waals surface area contributed by atoms with Gasteiger partial charge in [0.1, 0.15) is 0 Å². The topological polar surface area (TPSA) is 47.1 Å². The van der Waals surface area contributed by atoms with Crippen molar-refractivity contribution in [2.24, 2.45) is 5.73 Å². The van der Waals surface area contributed by atoms with Crippen LogP contribution in [0, 0.1) is 0 Å². The van der Waals surface area contributed by atoms with Crippen molar-refractivity contribution in [2.45, 2.75) is 32.9 Å². The highest BCUT2D eigenvalue weighted by molar-refractivity contribution is 5.46. The summed E-state index contributed by atoms with van der Waals surface area (Å²) in [6.07, 6.45) is 3.03. The van der Waals surface area contributed by atoms with Crippen molar-refractivity contribution >= 4 is 5.69 Å². The molecule has 0 aliphatic carbocycles. The molecule has 108 valence electrons. The van der Waals surface area contributed by atoms with Gasteiger partial charge in [-0.05, 0) is 45.0 Å². The predicted molar refractivity (Wildman–Crippen MR) is 83.8 cm³/mol. The largest absolute Gasteiger partial charge is 0.366 e. The molecule has 2 rings (SSSR count). The number of hydrogen-bond acceptors (Lipinski definition) is 3. The third kappa shape index (κ3) is 3.84. The Morgan fingerprint density at radius 2 is 1.95 bits per heavy atom. The number of anilines is 1. The smallest absolute Gasteiger partial charge is 0.0817 e.